The number of aliphatic hydroxyl groups is 1. The molecule has 4 heteroatoms. The molecule has 1 aromatic carbocycles. The summed E-state index contributed by atoms with van der Waals surface area (Å²) in [6.07, 6.45) is 0.746. The molecule has 0 fully saturated rings. The first-order valence-corrected chi connectivity index (χ1v) is 6.39. The van der Waals surface area contributed by atoms with Gasteiger partial charge in [0.25, 0.3) is 0 Å². The molecule has 1 aromatic rings. The zero-order valence-corrected chi connectivity index (χ0v) is 11.1. The van der Waals surface area contributed by atoms with Crippen LogP contribution in [-0.2, 0) is 0 Å². The van der Waals surface area contributed by atoms with Gasteiger partial charge in [0.1, 0.15) is 0 Å². The minimum Gasteiger partial charge on any atom is -0.504 e. The van der Waals surface area contributed by atoms with E-state index in [1.165, 1.54) is 0 Å². The van der Waals surface area contributed by atoms with Crippen molar-refractivity contribution in [3.05, 3.63) is 23.8 Å². The molecule has 0 spiro atoms. The van der Waals surface area contributed by atoms with Crippen LogP contribution in [0.2, 0.25) is 0 Å². The lowest BCUT2D eigenvalue weighted by molar-refractivity contribution is 0.216. The summed E-state index contributed by atoms with van der Waals surface area (Å²) in [7, 11) is 0. The van der Waals surface area contributed by atoms with Gasteiger partial charge in [0.05, 0.1) is 6.61 Å². The molecule has 0 bridgehead atoms. The highest BCUT2D eigenvalue weighted by Crippen LogP contribution is 2.36. The number of phenolic OH excluding ortho intramolecular Hbond substituents is 1. The second kappa shape index (κ2) is 7.24. The van der Waals surface area contributed by atoms with Crippen molar-refractivity contribution in [2.75, 3.05) is 19.8 Å². The van der Waals surface area contributed by atoms with Crippen molar-refractivity contribution in [1.29, 1.82) is 0 Å². The Labute approximate surface area is 108 Å². The van der Waals surface area contributed by atoms with Gasteiger partial charge < -0.3 is 20.7 Å². The smallest absolute Gasteiger partial charge is 0.161 e. The standard InChI is InChI=1S/C14H23NO3/c1-3-18-13-6-4-5-12(14(13)17)10(2)7-11(8-15)9-16/h4-6,10-11,16-17H,3,7-9,15H2,1-2H3. The average Bonchev–Trinajstić information content (AvgIpc) is 2.38. The summed E-state index contributed by atoms with van der Waals surface area (Å²) < 4.78 is 5.36. The van der Waals surface area contributed by atoms with Crippen molar-refractivity contribution in [2.45, 2.75) is 26.2 Å². The first-order chi connectivity index (χ1) is 8.63. The third-order valence-corrected chi connectivity index (χ3v) is 3.14. The van der Waals surface area contributed by atoms with Crippen LogP contribution >= 0.6 is 0 Å². The summed E-state index contributed by atoms with van der Waals surface area (Å²) in [5.74, 6) is 0.900. The quantitative estimate of drug-likeness (QED) is 0.693. The van der Waals surface area contributed by atoms with E-state index in [9.17, 15) is 5.11 Å². The molecule has 18 heavy (non-hydrogen) atoms. The highest BCUT2D eigenvalue weighted by atomic mass is 16.5. The predicted molar refractivity (Wildman–Crippen MR) is 71.9 cm³/mol. The minimum atomic E-state index is 0.0650. The van der Waals surface area contributed by atoms with Gasteiger partial charge in [0.2, 0.25) is 0 Å². The van der Waals surface area contributed by atoms with Crippen LogP contribution < -0.4 is 10.5 Å². The number of aliphatic hydroxyl groups excluding tert-OH is 1. The molecule has 4 nitrogen and oxygen atoms in total. The summed E-state index contributed by atoms with van der Waals surface area (Å²) >= 11 is 0. The average molecular weight is 253 g/mol. The van der Waals surface area contributed by atoms with Crippen molar-refractivity contribution < 1.29 is 14.9 Å². The van der Waals surface area contributed by atoms with Crippen LogP contribution in [0.1, 0.15) is 31.7 Å². The SMILES string of the molecule is CCOc1cccc(C(C)CC(CN)CO)c1O. The molecule has 0 radical (unpaired) electrons. The second-order valence-electron chi connectivity index (χ2n) is 4.55. The number of para-hydroxylation sites is 1. The van der Waals surface area contributed by atoms with Crippen molar-refractivity contribution in [3.8, 4) is 11.5 Å². The fraction of sp³-hybridized carbons (Fsp3) is 0.571. The van der Waals surface area contributed by atoms with Crippen LogP contribution in [0.5, 0.6) is 11.5 Å². The zero-order chi connectivity index (χ0) is 13.5. The second-order valence-corrected chi connectivity index (χ2v) is 4.55. The maximum Gasteiger partial charge on any atom is 0.161 e. The van der Waals surface area contributed by atoms with Gasteiger partial charge in [-0.15, -0.1) is 0 Å². The topological polar surface area (TPSA) is 75.7 Å². The Morgan fingerprint density at radius 2 is 2.11 bits per heavy atom. The van der Waals surface area contributed by atoms with Crippen LogP contribution in [0.25, 0.3) is 0 Å². The van der Waals surface area contributed by atoms with Gasteiger partial charge in [-0.25, -0.2) is 0 Å². The zero-order valence-electron chi connectivity index (χ0n) is 11.1. The van der Waals surface area contributed by atoms with Crippen LogP contribution in [0.3, 0.4) is 0 Å². The van der Waals surface area contributed by atoms with Crippen molar-refractivity contribution in [1.82, 2.24) is 0 Å². The first-order valence-electron chi connectivity index (χ1n) is 6.39. The molecule has 0 aromatic heterocycles. The third kappa shape index (κ3) is 3.62. The molecule has 2 atom stereocenters. The van der Waals surface area contributed by atoms with Crippen LogP contribution in [0.4, 0.5) is 0 Å². The van der Waals surface area contributed by atoms with Gasteiger partial charge in [-0.3, -0.25) is 0 Å². The number of hydrogen-bond acceptors (Lipinski definition) is 4. The number of phenols is 1. The lowest BCUT2D eigenvalue weighted by Crippen LogP contribution is -2.20. The van der Waals surface area contributed by atoms with Crippen molar-refractivity contribution in [3.63, 3.8) is 0 Å². The molecule has 4 N–H and O–H groups in total. The molecule has 0 saturated carbocycles. The number of benzene rings is 1. The molecule has 0 saturated heterocycles. The van der Waals surface area contributed by atoms with Crippen molar-refractivity contribution >= 4 is 0 Å². The van der Waals surface area contributed by atoms with Gasteiger partial charge >= 0.3 is 0 Å². The lowest BCUT2D eigenvalue weighted by atomic mass is 9.90. The van der Waals surface area contributed by atoms with E-state index in [1.54, 1.807) is 6.07 Å². The number of aromatic hydroxyl groups is 1. The monoisotopic (exact) mass is 253 g/mol. The Kier molecular flexibility index (Phi) is 5.95. The highest BCUT2D eigenvalue weighted by Gasteiger charge is 2.17. The number of nitrogens with two attached hydrogens (primary N) is 1. The Hall–Kier alpha value is -1.26. The Morgan fingerprint density at radius 1 is 1.39 bits per heavy atom. The predicted octanol–water partition coefficient (Wildman–Crippen LogP) is 1.85. The summed E-state index contributed by atoms with van der Waals surface area (Å²) in [5, 5.41) is 19.3. The largest absolute Gasteiger partial charge is 0.504 e. The first kappa shape index (κ1) is 14.8. The number of rotatable bonds is 7. The van der Waals surface area contributed by atoms with E-state index in [-0.39, 0.29) is 24.2 Å². The molecule has 0 aliphatic heterocycles. The maximum atomic E-state index is 10.1. The Bertz CT molecular complexity index is 364. The summed E-state index contributed by atoms with van der Waals surface area (Å²) in [6.45, 7) is 4.95. The van der Waals surface area contributed by atoms with Crippen LogP contribution in [0.15, 0.2) is 18.2 Å². The fourth-order valence-corrected chi connectivity index (χ4v) is 2.08. The molecular weight excluding hydrogens is 230 g/mol. The van der Waals surface area contributed by atoms with E-state index in [4.69, 9.17) is 15.6 Å². The normalized spacial score (nSPS) is 14.2. The number of ether oxygens (including phenoxy) is 1. The molecule has 0 amide bonds. The summed E-state index contributed by atoms with van der Waals surface area (Å²) in [6, 6.07) is 5.50. The van der Waals surface area contributed by atoms with Gasteiger partial charge in [-0.05, 0) is 37.8 Å². The molecule has 2 unspecified atom stereocenters. The molecule has 1 rings (SSSR count). The van der Waals surface area contributed by atoms with Gasteiger partial charge in [-0.1, -0.05) is 19.1 Å². The molecule has 0 aliphatic carbocycles. The number of hydrogen-bond donors (Lipinski definition) is 3. The van der Waals surface area contributed by atoms with Gasteiger partial charge in [-0.2, -0.15) is 0 Å². The summed E-state index contributed by atoms with van der Waals surface area (Å²) in [5.41, 5.74) is 6.42. The lowest BCUT2D eigenvalue weighted by Gasteiger charge is -2.19. The van der Waals surface area contributed by atoms with E-state index < -0.39 is 0 Å². The Balaban J connectivity index is 2.85. The fourth-order valence-electron chi connectivity index (χ4n) is 2.08. The van der Waals surface area contributed by atoms with Gasteiger partial charge in [0.15, 0.2) is 11.5 Å². The highest BCUT2D eigenvalue weighted by molar-refractivity contribution is 5.46. The summed E-state index contributed by atoms with van der Waals surface area (Å²) in [4.78, 5) is 0. The van der Waals surface area contributed by atoms with E-state index in [1.807, 2.05) is 26.0 Å². The van der Waals surface area contributed by atoms with E-state index in [0.717, 1.165) is 12.0 Å². The molecule has 0 aliphatic rings. The third-order valence-electron chi connectivity index (χ3n) is 3.14. The molecule has 0 heterocycles. The van der Waals surface area contributed by atoms with E-state index in [2.05, 4.69) is 0 Å². The Morgan fingerprint density at radius 3 is 2.67 bits per heavy atom. The van der Waals surface area contributed by atoms with Crippen LogP contribution in [-0.4, -0.2) is 30.0 Å². The van der Waals surface area contributed by atoms with Gasteiger partial charge in [0, 0.05) is 12.2 Å². The minimum absolute atomic E-state index is 0.0650. The van der Waals surface area contributed by atoms with E-state index >= 15 is 0 Å². The molecule has 102 valence electrons. The maximum absolute atomic E-state index is 10.1. The van der Waals surface area contributed by atoms with E-state index in [0.29, 0.717) is 18.9 Å². The van der Waals surface area contributed by atoms with Crippen molar-refractivity contribution in [2.24, 2.45) is 11.7 Å². The molecular formula is C14H23NO3. The van der Waals surface area contributed by atoms with Crippen LogP contribution in [0, 0.1) is 5.92 Å².